The number of piperidine rings is 1. The van der Waals surface area contributed by atoms with Gasteiger partial charge in [0.15, 0.2) is 11.5 Å². The molecule has 2 rings (SSSR count). The lowest BCUT2D eigenvalue weighted by molar-refractivity contribution is -0.131. The fourth-order valence-electron chi connectivity index (χ4n) is 2.69. The van der Waals surface area contributed by atoms with Gasteiger partial charge in [-0.15, -0.1) is 12.4 Å². The van der Waals surface area contributed by atoms with Gasteiger partial charge in [-0.25, -0.2) is 0 Å². The molecule has 0 atom stereocenters. The number of nitrogens with zero attached hydrogens (tertiary/aromatic N) is 1. The molecule has 0 bridgehead atoms. The molecule has 0 radical (unpaired) electrons. The largest absolute Gasteiger partial charge is 0.493 e. The summed E-state index contributed by atoms with van der Waals surface area (Å²) in [5.74, 6) is 1.49. The van der Waals surface area contributed by atoms with Crippen LogP contribution in [0.5, 0.6) is 11.5 Å². The van der Waals surface area contributed by atoms with Gasteiger partial charge in [-0.05, 0) is 43.6 Å². The third kappa shape index (κ3) is 4.52. The van der Waals surface area contributed by atoms with Crippen molar-refractivity contribution in [3.8, 4) is 11.5 Å². The van der Waals surface area contributed by atoms with E-state index in [-0.39, 0.29) is 18.3 Å². The number of carbonyl (C=O) groups is 1. The number of hydrogen-bond acceptors (Lipinski definition) is 4. The Morgan fingerprint density at radius 3 is 2.45 bits per heavy atom. The van der Waals surface area contributed by atoms with Crippen LogP contribution in [0.3, 0.4) is 0 Å². The van der Waals surface area contributed by atoms with Gasteiger partial charge in [0.2, 0.25) is 5.91 Å². The Labute approximate surface area is 138 Å². The molecule has 1 aromatic carbocycles. The summed E-state index contributed by atoms with van der Waals surface area (Å²) in [4.78, 5) is 14.3. The van der Waals surface area contributed by atoms with Crippen molar-refractivity contribution in [1.29, 1.82) is 0 Å². The molecule has 1 N–H and O–H groups in total. The summed E-state index contributed by atoms with van der Waals surface area (Å²) in [6, 6.07) is 5.97. The maximum absolute atomic E-state index is 12.4. The highest BCUT2D eigenvalue weighted by Gasteiger charge is 2.22. The third-order valence-electron chi connectivity index (χ3n) is 4.05. The number of ether oxygens (including phenoxy) is 2. The third-order valence-corrected chi connectivity index (χ3v) is 4.05. The quantitative estimate of drug-likeness (QED) is 0.896. The first kappa shape index (κ1) is 18.6. The Morgan fingerprint density at radius 1 is 1.23 bits per heavy atom. The van der Waals surface area contributed by atoms with Gasteiger partial charge in [-0.2, -0.15) is 0 Å². The fraction of sp³-hybridized carbons (Fsp3) is 0.562. The van der Waals surface area contributed by atoms with Gasteiger partial charge in [0.05, 0.1) is 20.6 Å². The molecule has 6 heteroatoms. The van der Waals surface area contributed by atoms with Crippen LogP contribution in [0.25, 0.3) is 0 Å². The molecule has 0 aromatic heterocycles. The van der Waals surface area contributed by atoms with Gasteiger partial charge in [0.25, 0.3) is 0 Å². The second-order valence-corrected chi connectivity index (χ2v) is 5.35. The van der Waals surface area contributed by atoms with Crippen LogP contribution in [0, 0.1) is 0 Å². The summed E-state index contributed by atoms with van der Waals surface area (Å²) < 4.78 is 10.5. The van der Waals surface area contributed by atoms with Gasteiger partial charge in [-0.3, -0.25) is 4.79 Å². The number of benzene rings is 1. The molecule has 22 heavy (non-hydrogen) atoms. The topological polar surface area (TPSA) is 50.8 Å². The first-order chi connectivity index (χ1) is 10.2. The van der Waals surface area contributed by atoms with Crippen molar-refractivity contribution in [1.82, 2.24) is 10.2 Å². The maximum atomic E-state index is 12.4. The number of rotatable bonds is 5. The van der Waals surface area contributed by atoms with Crippen LogP contribution in [-0.4, -0.2) is 51.2 Å². The molecular weight excluding hydrogens is 304 g/mol. The fourth-order valence-corrected chi connectivity index (χ4v) is 2.69. The Bertz CT molecular complexity index is 490. The lowest BCUT2D eigenvalue weighted by Gasteiger charge is -2.31. The molecule has 0 unspecified atom stereocenters. The number of likely N-dealkylation sites (N-methyl/N-ethyl adjacent to an activating group) is 1. The number of carbonyl (C=O) groups excluding carboxylic acids is 1. The molecule has 1 heterocycles. The molecule has 1 aliphatic rings. The molecule has 0 saturated carbocycles. The molecule has 1 aliphatic heterocycles. The maximum Gasteiger partial charge on any atom is 0.226 e. The minimum absolute atomic E-state index is 0. The number of halogens is 1. The zero-order chi connectivity index (χ0) is 15.2. The van der Waals surface area contributed by atoms with Crippen molar-refractivity contribution in [2.45, 2.75) is 25.3 Å². The lowest BCUT2D eigenvalue weighted by atomic mass is 10.0. The zero-order valence-corrected chi connectivity index (χ0v) is 14.2. The van der Waals surface area contributed by atoms with Crippen LogP contribution >= 0.6 is 12.4 Å². The van der Waals surface area contributed by atoms with E-state index in [0.29, 0.717) is 24.0 Å². The molecular formula is C16H25ClN2O3. The number of methoxy groups -OCH3 is 2. The molecule has 1 amide bonds. The van der Waals surface area contributed by atoms with Gasteiger partial charge < -0.3 is 19.7 Å². The summed E-state index contributed by atoms with van der Waals surface area (Å²) in [6.45, 7) is 1.97. The molecule has 5 nitrogen and oxygen atoms in total. The average molecular weight is 329 g/mol. The predicted octanol–water partition coefficient (Wildman–Crippen LogP) is 1.88. The Hall–Kier alpha value is -1.46. The summed E-state index contributed by atoms with van der Waals surface area (Å²) >= 11 is 0. The first-order valence-electron chi connectivity index (χ1n) is 7.33. The van der Waals surface area contributed by atoms with Crippen LogP contribution in [0.2, 0.25) is 0 Å². The van der Waals surface area contributed by atoms with E-state index in [2.05, 4.69) is 5.32 Å². The molecule has 1 saturated heterocycles. The number of amides is 1. The van der Waals surface area contributed by atoms with Crippen molar-refractivity contribution in [2.24, 2.45) is 0 Å². The Morgan fingerprint density at radius 2 is 1.86 bits per heavy atom. The van der Waals surface area contributed by atoms with Crippen molar-refractivity contribution in [2.75, 3.05) is 34.4 Å². The molecule has 1 aromatic rings. The van der Waals surface area contributed by atoms with Crippen molar-refractivity contribution in [3.63, 3.8) is 0 Å². The van der Waals surface area contributed by atoms with Gasteiger partial charge in [0.1, 0.15) is 0 Å². The Balaban J connectivity index is 0.00000242. The van der Waals surface area contributed by atoms with Crippen LogP contribution in [-0.2, 0) is 11.2 Å². The second-order valence-electron chi connectivity index (χ2n) is 5.35. The summed E-state index contributed by atoms with van der Waals surface area (Å²) in [5.41, 5.74) is 0.943. The van der Waals surface area contributed by atoms with Crippen LogP contribution in [0.15, 0.2) is 18.2 Å². The van der Waals surface area contributed by atoms with Crippen molar-refractivity contribution < 1.29 is 14.3 Å². The van der Waals surface area contributed by atoms with Crippen LogP contribution in [0.1, 0.15) is 18.4 Å². The molecule has 124 valence electrons. The number of hydrogen-bond donors (Lipinski definition) is 1. The van der Waals surface area contributed by atoms with Crippen molar-refractivity contribution >= 4 is 18.3 Å². The van der Waals surface area contributed by atoms with Crippen LogP contribution in [0.4, 0.5) is 0 Å². The van der Waals surface area contributed by atoms with Crippen molar-refractivity contribution in [3.05, 3.63) is 23.8 Å². The van der Waals surface area contributed by atoms with E-state index in [1.807, 2.05) is 30.1 Å². The predicted molar refractivity (Wildman–Crippen MR) is 89.2 cm³/mol. The average Bonchev–Trinajstić information content (AvgIpc) is 2.54. The zero-order valence-electron chi connectivity index (χ0n) is 13.4. The van der Waals surface area contributed by atoms with E-state index in [9.17, 15) is 4.79 Å². The monoisotopic (exact) mass is 328 g/mol. The smallest absolute Gasteiger partial charge is 0.226 e. The highest BCUT2D eigenvalue weighted by atomic mass is 35.5. The van der Waals surface area contributed by atoms with E-state index in [1.165, 1.54) is 0 Å². The minimum Gasteiger partial charge on any atom is -0.493 e. The highest BCUT2D eigenvalue weighted by molar-refractivity contribution is 5.85. The SMILES string of the molecule is COc1ccc(CC(=O)N(C)C2CCNCC2)cc1OC.Cl. The highest BCUT2D eigenvalue weighted by Crippen LogP contribution is 2.28. The van der Waals surface area contributed by atoms with Crippen LogP contribution < -0.4 is 14.8 Å². The van der Waals surface area contributed by atoms with Gasteiger partial charge >= 0.3 is 0 Å². The van der Waals surface area contributed by atoms with E-state index < -0.39 is 0 Å². The lowest BCUT2D eigenvalue weighted by Crippen LogP contribution is -2.44. The normalized spacial score (nSPS) is 14.9. The molecule has 0 aliphatic carbocycles. The van der Waals surface area contributed by atoms with E-state index in [0.717, 1.165) is 31.5 Å². The number of nitrogens with one attached hydrogen (secondary N) is 1. The van der Waals surface area contributed by atoms with E-state index in [4.69, 9.17) is 9.47 Å². The minimum atomic E-state index is 0. The standard InChI is InChI=1S/C16H24N2O3.ClH/c1-18(13-6-8-17-9-7-13)16(19)11-12-4-5-14(20-2)15(10-12)21-3;/h4-5,10,13,17H,6-9,11H2,1-3H3;1H. The summed E-state index contributed by atoms with van der Waals surface area (Å²) in [5, 5.41) is 3.32. The summed E-state index contributed by atoms with van der Waals surface area (Å²) in [6.07, 6.45) is 2.43. The van der Waals surface area contributed by atoms with Gasteiger partial charge in [0, 0.05) is 13.1 Å². The van der Waals surface area contributed by atoms with E-state index >= 15 is 0 Å². The second kappa shape index (κ2) is 8.86. The molecule has 0 spiro atoms. The Kier molecular flexibility index (Phi) is 7.48. The molecule has 1 fully saturated rings. The van der Waals surface area contributed by atoms with E-state index in [1.54, 1.807) is 14.2 Å². The first-order valence-corrected chi connectivity index (χ1v) is 7.33. The summed E-state index contributed by atoms with van der Waals surface area (Å²) in [7, 11) is 5.11. The van der Waals surface area contributed by atoms with Gasteiger partial charge in [-0.1, -0.05) is 6.07 Å².